The van der Waals surface area contributed by atoms with Gasteiger partial charge in [0.2, 0.25) is 0 Å². The molecule has 0 bridgehead atoms. The van der Waals surface area contributed by atoms with Crippen molar-refractivity contribution in [3.8, 4) is 17.0 Å². The van der Waals surface area contributed by atoms with E-state index in [1.165, 1.54) is 5.39 Å². The summed E-state index contributed by atoms with van der Waals surface area (Å²) in [6.45, 7) is 0. The average Bonchev–Trinajstić information content (AvgIpc) is 2.95. The van der Waals surface area contributed by atoms with E-state index in [9.17, 15) is 0 Å². The van der Waals surface area contributed by atoms with E-state index in [0.717, 1.165) is 28.3 Å². The molecule has 5 heteroatoms. The van der Waals surface area contributed by atoms with Crippen molar-refractivity contribution >= 4 is 22.5 Å². The Labute approximate surface area is 121 Å². The smallest absolute Gasteiger partial charge is 0.119 e. The van der Waals surface area contributed by atoms with Crippen LogP contribution in [0.3, 0.4) is 0 Å². The number of benzene rings is 2. The van der Waals surface area contributed by atoms with Gasteiger partial charge in [0.05, 0.1) is 19.2 Å². The molecule has 0 aliphatic carbocycles. The van der Waals surface area contributed by atoms with Crippen molar-refractivity contribution in [1.29, 1.82) is 0 Å². The maximum atomic E-state index is 5.24. The van der Waals surface area contributed by atoms with Gasteiger partial charge in [0.25, 0.3) is 0 Å². The van der Waals surface area contributed by atoms with E-state index in [4.69, 9.17) is 4.74 Å². The van der Waals surface area contributed by atoms with Crippen LogP contribution in [-0.4, -0.2) is 28.4 Å². The Morgan fingerprint density at radius 2 is 1.95 bits per heavy atom. The number of rotatable bonds is 4. The molecule has 1 aromatic heterocycles. The molecule has 0 aliphatic rings. The summed E-state index contributed by atoms with van der Waals surface area (Å²) in [4.78, 5) is 0. The first-order chi connectivity index (χ1) is 9.80. The summed E-state index contributed by atoms with van der Waals surface area (Å²) in [5.41, 5.74) is 1.98. The Bertz CT molecular complexity index is 739. The Morgan fingerprint density at radius 1 is 1.15 bits per heavy atom. The SMILES string of the molecule is COc1ccc2cc(-c3cn(CSC)nn3)ccc2c1. The van der Waals surface area contributed by atoms with Crippen LogP contribution in [0.15, 0.2) is 42.6 Å². The summed E-state index contributed by atoms with van der Waals surface area (Å²) in [5.74, 6) is 1.69. The van der Waals surface area contributed by atoms with Gasteiger partial charge in [-0.25, -0.2) is 4.68 Å². The lowest BCUT2D eigenvalue weighted by atomic mass is 10.1. The monoisotopic (exact) mass is 285 g/mol. The third-order valence-corrected chi connectivity index (χ3v) is 3.67. The number of thioether (sulfide) groups is 1. The van der Waals surface area contributed by atoms with Crippen LogP contribution in [0.5, 0.6) is 5.75 Å². The predicted molar refractivity (Wildman–Crippen MR) is 83.0 cm³/mol. The molecule has 3 rings (SSSR count). The second kappa shape index (κ2) is 5.54. The molecular weight excluding hydrogens is 270 g/mol. The minimum absolute atomic E-state index is 0.817. The molecule has 0 N–H and O–H groups in total. The minimum atomic E-state index is 0.817. The first-order valence-electron chi connectivity index (χ1n) is 6.27. The summed E-state index contributed by atoms with van der Waals surface area (Å²) >= 11 is 1.72. The molecule has 0 amide bonds. The Morgan fingerprint density at radius 3 is 2.75 bits per heavy atom. The molecule has 0 aliphatic heterocycles. The molecule has 0 unspecified atom stereocenters. The lowest BCUT2D eigenvalue weighted by Crippen LogP contribution is -1.93. The first kappa shape index (κ1) is 13.0. The Kier molecular flexibility index (Phi) is 3.60. The quantitative estimate of drug-likeness (QED) is 0.736. The lowest BCUT2D eigenvalue weighted by molar-refractivity contribution is 0.415. The molecule has 0 saturated heterocycles. The van der Waals surface area contributed by atoms with Gasteiger partial charge in [0.15, 0.2) is 0 Å². The number of aromatic nitrogens is 3. The Balaban J connectivity index is 1.99. The van der Waals surface area contributed by atoms with Crippen LogP contribution >= 0.6 is 11.8 Å². The molecule has 102 valence electrons. The largest absolute Gasteiger partial charge is 0.497 e. The van der Waals surface area contributed by atoms with Gasteiger partial charge >= 0.3 is 0 Å². The number of hydrogen-bond donors (Lipinski definition) is 0. The molecule has 0 fully saturated rings. The van der Waals surface area contributed by atoms with Crippen molar-refractivity contribution in [2.45, 2.75) is 5.88 Å². The average molecular weight is 285 g/mol. The summed E-state index contributed by atoms with van der Waals surface area (Å²) in [5, 5.41) is 10.7. The van der Waals surface area contributed by atoms with Crippen LogP contribution < -0.4 is 4.74 Å². The summed E-state index contributed by atoms with van der Waals surface area (Å²) in [6, 6.07) is 12.3. The van der Waals surface area contributed by atoms with Gasteiger partial charge in [-0.05, 0) is 35.2 Å². The highest BCUT2D eigenvalue weighted by Crippen LogP contribution is 2.25. The predicted octanol–water partition coefficient (Wildman–Crippen LogP) is 3.43. The highest BCUT2D eigenvalue weighted by Gasteiger charge is 2.05. The van der Waals surface area contributed by atoms with E-state index in [1.807, 2.05) is 29.3 Å². The third kappa shape index (κ3) is 2.49. The second-order valence-corrected chi connectivity index (χ2v) is 5.32. The van der Waals surface area contributed by atoms with E-state index in [1.54, 1.807) is 18.9 Å². The molecule has 4 nitrogen and oxygen atoms in total. The molecule has 0 radical (unpaired) electrons. The normalized spacial score (nSPS) is 10.9. The number of ether oxygens (including phenoxy) is 1. The van der Waals surface area contributed by atoms with Crippen molar-refractivity contribution < 1.29 is 4.74 Å². The van der Waals surface area contributed by atoms with Gasteiger partial charge in [-0.2, -0.15) is 0 Å². The van der Waals surface area contributed by atoms with Crippen molar-refractivity contribution in [2.24, 2.45) is 0 Å². The standard InChI is InChI=1S/C15H15N3OS/c1-19-14-6-5-11-7-13(4-3-12(11)8-14)15-9-18(10-20-2)17-16-15/h3-9H,10H2,1-2H3. The van der Waals surface area contributed by atoms with Gasteiger partial charge < -0.3 is 4.74 Å². The maximum Gasteiger partial charge on any atom is 0.119 e. The van der Waals surface area contributed by atoms with E-state index in [-0.39, 0.29) is 0 Å². The molecular formula is C15H15N3OS. The van der Waals surface area contributed by atoms with E-state index in [2.05, 4.69) is 34.6 Å². The fraction of sp³-hybridized carbons (Fsp3) is 0.200. The second-order valence-electron chi connectivity index (χ2n) is 4.49. The van der Waals surface area contributed by atoms with Crippen LogP contribution in [0, 0.1) is 0 Å². The first-order valence-corrected chi connectivity index (χ1v) is 7.67. The van der Waals surface area contributed by atoms with Gasteiger partial charge in [-0.3, -0.25) is 0 Å². The molecule has 1 heterocycles. The van der Waals surface area contributed by atoms with Crippen molar-refractivity contribution in [1.82, 2.24) is 15.0 Å². The van der Waals surface area contributed by atoms with Gasteiger partial charge in [0, 0.05) is 5.56 Å². The third-order valence-electron chi connectivity index (χ3n) is 3.14. The Hall–Kier alpha value is -2.01. The van der Waals surface area contributed by atoms with Crippen LogP contribution in [0.2, 0.25) is 0 Å². The fourth-order valence-electron chi connectivity index (χ4n) is 2.14. The number of nitrogens with zero attached hydrogens (tertiary/aromatic N) is 3. The maximum absolute atomic E-state index is 5.24. The van der Waals surface area contributed by atoms with Gasteiger partial charge in [0.1, 0.15) is 11.4 Å². The molecule has 0 spiro atoms. The highest BCUT2D eigenvalue weighted by atomic mass is 32.2. The summed E-state index contributed by atoms with van der Waals surface area (Å²) in [7, 11) is 1.68. The van der Waals surface area contributed by atoms with Crippen molar-refractivity contribution in [3.63, 3.8) is 0 Å². The topological polar surface area (TPSA) is 39.9 Å². The van der Waals surface area contributed by atoms with Crippen molar-refractivity contribution in [2.75, 3.05) is 13.4 Å². The molecule has 20 heavy (non-hydrogen) atoms. The number of methoxy groups -OCH3 is 1. The molecule has 0 atom stereocenters. The zero-order chi connectivity index (χ0) is 13.9. The zero-order valence-corrected chi connectivity index (χ0v) is 12.2. The molecule has 0 saturated carbocycles. The van der Waals surface area contributed by atoms with Crippen molar-refractivity contribution in [3.05, 3.63) is 42.6 Å². The van der Waals surface area contributed by atoms with Crippen LogP contribution in [-0.2, 0) is 5.88 Å². The van der Waals surface area contributed by atoms with E-state index < -0.39 is 0 Å². The van der Waals surface area contributed by atoms with Gasteiger partial charge in [-0.15, -0.1) is 16.9 Å². The van der Waals surface area contributed by atoms with Gasteiger partial charge in [-0.1, -0.05) is 23.4 Å². The number of hydrogen-bond acceptors (Lipinski definition) is 4. The van der Waals surface area contributed by atoms with Crippen LogP contribution in [0.4, 0.5) is 0 Å². The number of fused-ring (bicyclic) bond motifs is 1. The van der Waals surface area contributed by atoms with E-state index >= 15 is 0 Å². The van der Waals surface area contributed by atoms with E-state index in [0.29, 0.717) is 0 Å². The highest BCUT2D eigenvalue weighted by molar-refractivity contribution is 7.97. The lowest BCUT2D eigenvalue weighted by Gasteiger charge is -2.04. The molecule has 2 aromatic carbocycles. The summed E-state index contributed by atoms with van der Waals surface area (Å²) < 4.78 is 7.08. The minimum Gasteiger partial charge on any atom is -0.497 e. The van der Waals surface area contributed by atoms with Crippen LogP contribution in [0.25, 0.3) is 22.0 Å². The summed E-state index contributed by atoms with van der Waals surface area (Å²) in [6.07, 6.45) is 4.02. The van der Waals surface area contributed by atoms with Crippen LogP contribution in [0.1, 0.15) is 0 Å². The fourth-order valence-corrected chi connectivity index (χ4v) is 2.53. The zero-order valence-electron chi connectivity index (χ0n) is 11.4. The molecule has 3 aromatic rings.